The normalized spacial score (nSPS) is 10.4. The van der Waals surface area contributed by atoms with E-state index in [-0.39, 0.29) is 0 Å². The molecule has 0 radical (unpaired) electrons. The molecule has 0 unspecified atom stereocenters. The molecule has 1 N–H and O–H groups in total. The summed E-state index contributed by atoms with van der Waals surface area (Å²) >= 11 is 3.44. The zero-order valence-corrected chi connectivity index (χ0v) is 10.0. The molecule has 2 nitrogen and oxygen atoms in total. The molecule has 0 aliphatic rings. The average molecular weight is 258 g/mol. The van der Waals surface area contributed by atoms with E-state index in [0.29, 0.717) is 0 Å². The lowest BCUT2D eigenvalue weighted by molar-refractivity contribution is 0.149. The third-order valence-electron chi connectivity index (χ3n) is 1.85. The molecule has 14 heavy (non-hydrogen) atoms. The summed E-state index contributed by atoms with van der Waals surface area (Å²) in [5.41, 5.74) is 1.29. The van der Waals surface area contributed by atoms with Gasteiger partial charge in [0, 0.05) is 24.2 Å². The van der Waals surface area contributed by atoms with Crippen molar-refractivity contribution in [3.05, 3.63) is 34.3 Å². The van der Waals surface area contributed by atoms with Crippen LogP contribution in [0.5, 0.6) is 0 Å². The summed E-state index contributed by atoms with van der Waals surface area (Å²) in [7, 11) is 0. The monoisotopic (exact) mass is 257 g/mol. The number of nitrogens with one attached hydrogen (secondary N) is 1. The van der Waals surface area contributed by atoms with Gasteiger partial charge in [0.2, 0.25) is 0 Å². The summed E-state index contributed by atoms with van der Waals surface area (Å²) in [5, 5.41) is 3.32. The Morgan fingerprint density at radius 2 is 2.29 bits per heavy atom. The number of rotatable bonds is 6. The van der Waals surface area contributed by atoms with Crippen LogP contribution in [0.4, 0.5) is 0 Å². The number of halogens is 1. The molecular formula is C11H16BrNO. The fourth-order valence-electron chi connectivity index (χ4n) is 1.17. The van der Waals surface area contributed by atoms with Gasteiger partial charge in [-0.05, 0) is 24.6 Å². The average Bonchev–Trinajstić information content (AvgIpc) is 2.18. The van der Waals surface area contributed by atoms with Crippen LogP contribution in [0.2, 0.25) is 0 Å². The van der Waals surface area contributed by atoms with Crippen molar-refractivity contribution < 1.29 is 4.74 Å². The van der Waals surface area contributed by atoms with E-state index < -0.39 is 0 Å². The van der Waals surface area contributed by atoms with Crippen molar-refractivity contribution in [1.82, 2.24) is 5.32 Å². The van der Waals surface area contributed by atoms with Crippen LogP contribution >= 0.6 is 15.9 Å². The van der Waals surface area contributed by atoms with Crippen LogP contribution < -0.4 is 5.32 Å². The van der Waals surface area contributed by atoms with Gasteiger partial charge in [0.15, 0.2) is 0 Å². The third kappa shape index (κ3) is 4.74. The topological polar surface area (TPSA) is 21.3 Å². The summed E-state index contributed by atoms with van der Waals surface area (Å²) in [6, 6.07) is 8.31. The van der Waals surface area contributed by atoms with Gasteiger partial charge in [-0.1, -0.05) is 28.1 Å². The molecule has 0 spiro atoms. The van der Waals surface area contributed by atoms with E-state index in [1.165, 1.54) is 5.56 Å². The molecule has 1 rings (SSSR count). The van der Waals surface area contributed by atoms with Gasteiger partial charge in [0.05, 0.1) is 6.61 Å². The lowest BCUT2D eigenvalue weighted by Crippen LogP contribution is -2.19. The zero-order valence-electron chi connectivity index (χ0n) is 8.42. The van der Waals surface area contributed by atoms with E-state index in [4.69, 9.17) is 4.74 Å². The van der Waals surface area contributed by atoms with Gasteiger partial charge in [0.1, 0.15) is 0 Å². The van der Waals surface area contributed by atoms with Gasteiger partial charge in [-0.15, -0.1) is 0 Å². The van der Waals surface area contributed by atoms with E-state index in [9.17, 15) is 0 Å². The summed E-state index contributed by atoms with van der Waals surface area (Å²) < 4.78 is 6.35. The lowest BCUT2D eigenvalue weighted by Gasteiger charge is -2.05. The minimum Gasteiger partial charge on any atom is -0.380 e. The van der Waals surface area contributed by atoms with Crippen molar-refractivity contribution in [2.75, 3.05) is 19.8 Å². The molecular weight excluding hydrogens is 242 g/mol. The first-order valence-corrected chi connectivity index (χ1v) is 5.65. The van der Waals surface area contributed by atoms with Crippen LogP contribution in [-0.2, 0) is 11.3 Å². The maximum atomic E-state index is 5.22. The van der Waals surface area contributed by atoms with Gasteiger partial charge < -0.3 is 10.1 Å². The maximum Gasteiger partial charge on any atom is 0.0590 e. The minimum atomic E-state index is 0.782. The first kappa shape index (κ1) is 11.7. The van der Waals surface area contributed by atoms with Crippen LogP contribution in [0.15, 0.2) is 28.7 Å². The highest BCUT2D eigenvalue weighted by Crippen LogP contribution is 2.10. The van der Waals surface area contributed by atoms with Crippen LogP contribution in [0.3, 0.4) is 0 Å². The Hall–Kier alpha value is -0.380. The van der Waals surface area contributed by atoms with Crippen LogP contribution in [-0.4, -0.2) is 19.8 Å². The smallest absolute Gasteiger partial charge is 0.0590 e. The van der Waals surface area contributed by atoms with E-state index in [1.807, 2.05) is 19.1 Å². The SMILES string of the molecule is CCOCCNCc1cccc(Br)c1. The highest BCUT2D eigenvalue weighted by atomic mass is 79.9. The number of benzene rings is 1. The molecule has 0 aliphatic heterocycles. The second-order valence-electron chi connectivity index (χ2n) is 3.00. The molecule has 0 bridgehead atoms. The van der Waals surface area contributed by atoms with E-state index >= 15 is 0 Å². The summed E-state index contributed by atoms with van der Waals surface area (Å²) in [6.07, 6.45) is 0. The molecule has 1 aromatic rings. The third-order valence-corrected chi connectivity index (χ3v) is 2.34. The van der Waals surface area contributed by atoms with Gasteiger partial charge in [-0.25, -0.2) is 0 Å². The van der Waals surface area contributed by atoms with Gasteiger partial charge in [-0.3, -0.25) is 0 Å². The van der Waals surface area contributed by atoms with Gasteiger partial charge >= 0.3 is 0 Å². The fourth-order valence-corrected chi connectivity index (χ4v) is 1.61. The van der Waals surface area contributed by atoms with Crippen molar-refractivity contribution in [3.63, 3.8) is 0 Å². The quantitative estimate of drug-likeness (QED) is 0.792. The lowest BCUT2D eigenvalue weighted by atomic mass is 10.2. The highest BCUT2D eigenvalue weighted by Gasteiger charge is 1.93. The second kappa shape index (κ2) is 6.98. The van der Waals surface area contributed by atoms with Crippen LogP contribution in [0.25, 0.3) is 0 Å². The number of hydrogen-bond donors (Lipinski definition) is 1. The number of hydrogen-bond acceptors (Lipinski definition) is 2. The molecule has 0 aromatic heterocycles. The first-order chi connectivity index (χ1) is 6.83. The largest absolute Gasteiger partial charge is 0.380 e. The first-order valence-electron chi connectivity index (χ1n) is 4.86. The number of ether oxygens (including phenoxy) is 1. The zero-order chi connectivity index (χ0) is 10.2. The summed E-state index contributed by atoms with van der Waals surface area (Å²) in [6.45, 7) is 5.38. The van der Waals surface area contributed by atoms with E-state index in [2.05, 4.69) is 33.4 Å². The van der Waals surface area contributed by atoms with Crippen LogP contribution in [0, 0.1) is 0 Å². The summed E-state index contributed by atoms with van der Waals surface area (Å²) in [5.74, 6) is 0. The maximum absolute atomic E-state index is 5.22. The Balaban J connectivity index is 2.18. The molecule has 3 heteroatoms. The van der Waals surface area contributed by atoms with E-state index in [1.54, 1.807) is 0 Å². The molecule has 0 amide bonds. The van der Waals surface area contributed by atoms with Crippen LogP contribution in [0.1, 0.15) is 12.5 Å². The molecule has 78 valence electrons. The van der Waals surface area contributed by atoms with Crippen molar-refractivity contribution in [2.45, 2.75) is 13.5 Å². The summed E-state index contributed by atoms with van der Waals surface area (Å²) in [4.78, 5) is 0. The van der Waals surface area contributed by atoms with Gasteiger partial charge in [-0.2, -0.15) is 0 Å². The molecule has 0 saturated heterocycles. The van der Waals surface area contributed by atoms with Crippen molar-refractivity contribution in [2.24, 2.45) is 0 Å². The molecule has 0 atom stereocenters. The van der Waals surface area contributed by atoms with Gasteiger partial charge in [0.25, 0.3) is 0 Å². The second-order valence-corrected chi connectivity index (χ2v) is 3.92. The van der Waals surface area contributed by atoms with E-state index in [0.717, 1.165) is 30.8 Å². The molecule has 1 aromatic carbocycles. The Labute approximate surface area is 93.8 Å². The Morgan fingerprint density at radius 1 is 1.43 bits per heavy atom. The standard InChI is InChI=1S/C11H16BrNO/c1-2-14-7-6-13-9-10-4-3-5-11(12)8-10/h3-5,8,13H,2,6-7,9H2,1H3. The highest BCUT2D eigenvalue weighted by molar-refractivity contribution is 9.10. The molecule has 0 fully saturated rings. The Kier molecular flexibility index (Phi) is 5.83. The Bertz CT molecular complexity index is 265. The molecule has 0 heterocycles. The Morgan fingerprint density at radius 3 is 3.00 bits per heavy atom. The van der Waals surface area contributed by atoms with Crippen molar-refractivity contribution in [1.29, 1.82) is 0 Å². The predicted octanol–water partition coefficient (Wildman–Crippen LogP) is 2.58. The fraction of sp³-hybridized carbons (Fsp3) is 0.455. The van der Waals surface area contributed by atoms with Crippen molar-refractivity contribution >= 4 is 15.9 Å². The molecule has 0 aliphatic carbocycles. The molecule has 0 saturated carbocycles. The predicted molar refractivity (Wildman–Crippen MR) is 62.3 cm³/mol. The van der Waals surface area contributed by atoms with Crippen molar-refractivity contribution in [3.8, 4) is 0 Å². The minimum absolute atomic E-state index is 0.782.